The van der Waals surface area contributed by atoms with Crippen LogP contribution < -0.4 is 15.8 Å². The van der Waals surface area contributed by atoms with Crippen molar-refractivity contribution < 1.29 is 9.53 Å². The summed E-state index contributed by atoms with van der Waals surface area (Å²) in [5.41, 5.74) is 6.56. The van der Waals surface area contributed by atoms with E-state index in [-0.39, 0.29) is 11.9 Å². The van der Waals surface area contributed by atoms with E-state index >= 15 is 0 Å². The Morgan fingerprint density at radius 1 is 1.47 bits per heavy atom. The fourth-order valence-electron chi connectivity index (χ4n) is 1.46. The number of rotatable bonds is 7. The summed E-state index contributed by atoms with van der Waals surface area (Å²) in [5, 5.41) is 2.93. The largest absolute Gasteiger partial charge is 0.494 e. The van der Waals surface area contributed by atoms with E-state index < -0.39 is 0 Å². The lowest BCUT2D eigenvalue weighted by Crippen LogP contribution is -2.33. The van der Waals surface area contributed by atoms with Gasteiger partial charge in [-0.1, -0.05) is 6.92 Å². The molecule has 0 aromatic heterocycles. The summed E-state index contributed by atoms with van der Waals surface area (Å²) in [5.74, 6) is 1.17. The molecule has 0 heterocycles. The average molecular weight is 282 g/mol. The second kappa shape index (κ2) is 7.94. The molecule has 0 aliphatic rings. The molecule has 1 atom stereocenters. The van der Waals surface area contributed by atoms with Gasteiger partial charge < -0.3 is 15.8 Å². The van der Waals surface area contributed by atoms with E-state index in [1.54, 1.807) is 6.07 Å². The number of benzene rings is 1. The molecule has 106 valence electrons. The predicted octanol–water partition coefficient (Wildman–Crippen LogP) is 2.67. The molecule has 0 spiro atoms. The van der Waals surface area contributed by atoms with Gasteiger partial charge in [0, 0.05) is 16.6 Å². The molecule has 3 N–H and O–H groups in total. The molecule has 0 aliphatic carbocycles. The minimum absolute atomic E-state index is 0.0283. The van der Waals surface area contributed by atoms with Gasteiger partial charge >= 0.3 is 0 Å². The molecular formula is C14H22N2O2S. The van der Waals surface area contributed by atoms with Crippen molar-refractivity contribution >= 4 is 23.4 Å². The minimum Gasteiger partial charge on any atom is -0.494 e. The van der Waals surface area contributed by atoms with E-state index in [1.165, 1.54) is 11.8 Å². The minimum atomic E-state index is 0.0283. The molecule has 0 radical (unpaired) electrons. The summed E-state index contributed by atoms with van der Waals surface area (Å²) in [6.45, 7) is 6.58. The van der Waals surface area contributed by atoms with Crippen molar-refractivity contribution in [2.45, 2.75) is 38.1 Å². The van der Waals surface area contributed by atoms with Gasteiger partial charge in [-0.2, -0.15) is 0 Å². The van der Waals surface area contributed by atoms with Crippen LogP contribution in [0.2, 0.25) is 0 Å². The first-order valence-corrected chi connectivity index (χ1v) is 7.49. The highest BCUT2D eigenvalue weighted by Gasteiger charge is 2.08. The highest BCUT2D eigenvalue weighted by atomic mass is 32.2. The van der Waals surface area contributed by atoms with Gasteiger partial charge in [0.15, 0.2) is 0 Å². The van der Waals surface area contributed by atoms with E-state index in [0.717, 1.165) is 17.1 Å². The van der Waals surface area contributed by atoms with Crippen molar-refractivity contribution in [3.63, 3.8) is 0 Å². The lowest BCUT2D eigenvalue weighted by molar-refractivity contribution is -0.119. The smallest absolute Gasteiger partial charge is 0.230 e. The average Bonchev–Trinajstić information content (AvgIpc) is 2.39. The van der Waals surface area contributed by atoms with Gasteiger partial charge in [-0.3, -0.25) is 4.79 Å². The Labute approximate surface area is 119 Å². The number of nitrogens with two attached hydrogens (primary N) is 1. The van der Waals surface area contributed by atoms with Crippen LogP contribution in [0.25, 0.3) is 0 Å². The maximum absolute atomic E-state index is 11.7. The van der Waals surface area contributed by atoms with Gasteiger partial charge in [-0.25, -0.2) is 0 Å². The van der Waals surface area contributed by atoms with E-state index in [1.807, 2.05) is 32.9 Å². The molecule has 1 unspecified atom stereocenters. The zero-order valence-corrected chi connectivity index (χ0v) is 12.5. The van der Waals surface area contributed by atoms with Gasteiger partial charge in [0.2, 0.25) is 5.91 Å². The Hall–Kier alpha value is -1.36. The molecule has 5 heteroatoms. The molecule has 0 saturated heterocycles. The molecule has 4 nitrogen and oxygen atoms in total. The van der Waals surface area contributed by atoms with Crippen LogP contribution >= 0.6 is 11.8 Å². The summed E-state index contributed by atoms with van der Waals surface area (Å²) < 4.78 is 5.42. The fourth-order valence-corrected chi connectivity index (χ4v) is 2.26. The third kappa shape index (κ3) is 5.42. The number of anilines is 1. The standard InChI is InChI=1S/C14H22N2O2S/c1-4-10(3)16-14(17)9-19-13-8-11(18-5-2)6-7-12(13)15/h6-8,10H,4-5,9,15H2,1-3H3,(H,16,17). The van der Waals surface area contributed by atoms with Crippen molar-refractivity contribution in [2.75, 3.05) is 18.1 Å². The van der Waals surface area contributed by atoms with Crippen molar-refractivity contribution in [1.82, 2.24) is 5.32 Å². The van der Waals surface area contributed by atoms with Gasteiger partial charge in [0.05, 0.1) is 12.4 Å². The first-order valence-electron chi connectivity index (χ1n) is 6.51. The second-order valence-corrected chi connectivity index (χ2v) is 5.32. The summed E-state index contributed by atoms with van der Waals surface area (Å²) in [6.07, 6.45) is 0.929. The van der Waals surface area contributed by atoms with Gasteiger partial charge in [-0.05, 0) is 38.5 Å². The number of nitrogen functional groups attached to an aromatic ring is 1. The number of carbonyl (C=O) groups excluding carboxylic acids is 1. The van der Waals surface area contributed by atoms with Gasteiger partial charge in [0.25, 0.3) is 0 Å². The van der Waals surface area contributed by atoms with E-state index in [2.05, 4.69) is 5.32 Å². The van der Waals surface area contributed by atoms with E-state index in [0.29, 0.717) is 18.0 Å². The van der Waals surface area contributed by atoms with Crippen molar-refractivity contribution in [1.29, 1.82) is 0 Å². The molecule has 0 fully saturated rings. The van der Waals surface area contributed by atoms with Crippen LogP contribution in [0.4, 0.5) is 5.69 Å². The van der Waals surface area contributed by atoms with E-state index in [9.17, 15) is 4.79 Å². The summed E-state index contributed by atoms with van der Waals surface area (Å²) in [6, 6.07) is 5.72. The first kappa shape index (κ1) is 15.7. The summed E-state index contributed by atoms with van der Waals surface area (Å²) >= 11 is 1.43. The molecule has 19 heavy (non-hydrogen) atoms. The molecular weight excluding hydrogens is 260 g/mol. The number of hydrogen-bond acceptors (Lipinski definition) is 4. The third-order valence-corrected chi connectivity index (χ3v) is 3.75. The number of nitrogens with one attached hydrogen (secondary N) is 1. The molecule has 1 aromatic rings. The molecule has 1 rings (SSSR count). The van der Waals surface area contributed by atoms with Crippen LogP contribution in [-0.2, 0) is 4.79 Å². The Morgan fingerprint density at radius 3 is 2.84 bits per heavy atom. The third-order valence-electron chi connectivity index (χ3n) is 2.67. The fraction of sp³-hybridized carbons (Fsp3) is 0.500. The second-order valence-electron chi connectivity index (χ2n) is 4.30. The normalized spacial score (nSPS) is 11.9. The zero-order chi connectivity index (χ0) is 14.3. The number of hydrogen-bond donors (Lipinski definition) is 2. The SMILES string of the molecule is CCOc1ccc(N)c(SCC(=O)NC(C)CC)c1. The number of amides is 1. The number of ether oxygens (including phenoxy) is 1. The highest BCUT2D eigenvalue weighted by Crippen LogP contribution is 2.29. The lowest BCUT2D eigenvalue weighted by Gasteiger charge is -2.12. The quantitative estimate of drug-likeness (QED) is 0.596. The maximum atomic E-state index is 11.7. The predicted molar refractivity (Wildman–Crippen MR) is 80.6 cm³/mol. The summed E-state index contributed by atoms with van der Waals surface area (Å²) in [7, 11) is 0. The van der Waals surface area contributed by atoms with Crippen LogP contribution in [0.1, 0.15) is 27.2 Å². The molecule has 0 aliphatic heterocycles. The van der Waals surface area contributed by atoms with Crippen LogP contribution in [0, 0.1) is 0 Å². The first-order chi connectivity index (χ1) is 9.06. The molecule has 0 bridgehead atoms. The topological polar surface area (TPSA) is 64.3 Å². The molecule has 0 saturated carbocycles. The molecule has 1 amide bonds. The summed E-state index contributed by atoms with van der Waals surface area (Å²) in [4.78, 5) is 12.6. The van der Waals surface area contributed by atoms with Crippen LogP contribution in [0.15, 0.2) is 23.1 Å². The van der Waals surface area contributed by atoms with Crippen molar-refractivity contribution in [2.24, 2.45) is 0 Å². The number of carbonyl (C=O) groups is 1. The van der Waals surface area contributed by atoms with Gasteiger partial charge in [-0.15, -0.1) is 11.8 Å². The van der Waals surface area contributed by atoms with Crippen LogP contribution in [0.5, 0.6) is 5.75 Å². The zero-order valence-electron chi connectivity index (χ0n) is 11.7. The van der Waals surface area contributed by atoms with Crippen molar-refractivity contribution in [3.05, 3.63) is 18.2 Å². The Balaban J connectivity index is 2.56. The lowest BCUT2D eigenvalue weighted by atomic mass is 10.3. The van der Waals surface area contributed by atoms with Gasteiger partial charge in [0.1, 0.15) is 5.75 Å². The maximum Gasteiger partial charge on any atom is 0.230 e. The number of thioether (sulfide) groups is 1. The van der Waals surface area contributed by atoms with Crippen molar-refractivity contribution in [3.8, 4) is 5.75 Å². The Bertz CT molecular complexity index is 424. The van der Waals surface area contributed by atoms with E-state index in [4.69, 9.17) is 10.5 Å². The van der Waals surface area contributed by atoms with Crippen LogP contribution in [-0.4, -0.2) is 24.3 Å². The van der Waals surface area contributed by atoms with Crippen LogP contribution in [0.3, 0.4) is 0 Å². The Kier molecular flexibility index (Phi) is 6.56. The highest BCUT2D eigenvalue weighted by molar-refractivity contribution is 8.00. The Morgan fingerprint density at radius 2 is 2.21 bits per heavy atom. The monoisotopic (exact) mass is 282 g/mol. The molecule has 1 aromatic carbocycles.